The first-order valence-corrected chi connectivity index (χ1v) is 6.88. The van der Waals surface area contributed by atoms with Gasteiger partial charge >= 0.3 is 0 Å². The van der Waals surface area contributed by atoms with Crippen LogP contribution < -0.4 is 15.4 Å². The summed E-state index contributed by atoms with van der Waals surface area (Å²) >= 11 is 0. The van der Waals surface area contributed by atoms with E-state index in [-0.39, 0.29) is 24.0 Å². The van der Waals surface area contributed by atoms with Gasteiger partial charge < -0.3 is 10.1 Å². The van der Waals surface area contributed by atoms with Gasteiger partial charge in [0.15, 0.2) is 0 Å². The largest absolute Gasteiger partial charge is 0.491 e. The van der Waals surface area contributed by atoms with E-state index in [0.717, 1.165) is 11.3 Å². The summed E-state index contributed by atoms with van der Waals surface area (Å²) in [4.78, 5) is 22.8. The van der Waals surface area contributed by atoms with E-state index >= 15 is 0 Å². The Kier molecular flexibility index (Phi) is 4.74. The van der Waals surface area contributed by atoms with Crippen LogP contribution in [-0.2, 0) is 16.1 Å². The molecule has 1 fully saturated rings. The van der Waals surface area contributed by atoms with E-state index in [1.165, 1.54) is 0 Å². The molecule has 1 heterocycles. The lowest BCUT2D eigenvalue weighted by Gasteiger charge is -2.22. The number of rotatable bonds is 5. The second-order valence-electron chi connectivity index (χ2n) is 5.16. The predicted molar refractivity (Wildman–Crippen MR) is 75.2 cm³/mol. The maximum Gasteiger partial charge on any atom is 0.243 e. The number of carbonyl (C=O) groups is 2. The van der Waals surface area contributed by atoms with Gasteiger partial charge in [-0.15, -0.1) is 0 Å². The van der Waals surface area contributed by atoms with Crippen molar-refractivity contribution in [3.05, 3.63) is 29.8 Å². The average molecular weight is 276 g/mol. The average Bonchev–Trinajstić information content (AvgIpc) is 2.39. The fourth-order valence-corrected chi connectivity index (χ4v) is 2.14. The Bertz CT molecular complexity index is 500. The maximum atomic E-state index is 11.7. The van der Waals surface area contributed by atoms with Crippen LogP contribution in [0.3, 0.4) is 0 Å². The Morgan fingerprint density at radius 3 is 2.80 bits per heavy atom. The molecule has 5 nitrogen and oxygen atoms in total. The summed E-state index contributed by atoms with van der Waals surface area (Å²) in [5.74, 6) is 0.377. The van der Waals surface area contributed by atoms with Crippen molar-refractivity contribution in [2.24, 2.45) is 0 Å². The zero-order valence-electron chi connectivity index (χ0n) is 11.8. The van der Waals surface area contributed by atoms with Gasteiger partial charge in [0.1, 0.15) is 5.75 Å². The summed E-state index contributed by atoms with van der Waals surface area (Å²) in [5.41, 5.74) is 1.01. The highest BCUT2D eigenvalue weighted by Gasteiger charge is 2.26. The number of imide groups is 1. The summed E-state index contributed by atoms with van der Waals surface area (Å²) in [5, 5.41) is 5.52. The third-order valence-electron chi connectivity index (χ3n) is 3.11. The Balaban J connectivity index is 1.97. The van der Waals surface area contributed by atoms with Crippen molar-refractivity contribution in [3.63, 3.8) is 0 Å². The Hall–Kier alpha value is -1.88. The van der Waals surface area contributed by atoms with Gasteiger partial charge in [0.25, 0.3) is 0 Å². The van der Waals surface area contributed by atoms with Crippen LogP contribution >= 0.6 is 0 Å². The van der Waals surface area contributed by atoms with Gasteiger partial charge in [-0.25, -0.2) is 0 Å². The lowest BCUT2D eigenvalue weighted by molar-refractivity contribution is -0.134. The van der Waals surface area contributed by atoms with Crippen LogP contribution in [-0.4, -0.2) is 24.0 Å². The van der Waals surface area contributed by atoms with Crippen LogP contribution in [0.15, 0.2) is 24.3 Å². The number of benzene rings is 1. The highest BCUT2D eigenvalue weighted by atomic mass is 16.5. The standard InChI is InChI=1S/C15H20N2O3/c1-10(2)20-13-6-4-3-5-11(13)9-16-12-7-8-14(18)17-15(12)19/h3-6,10,12,16H,7-9H2,1-2H3,(H,17,18,19). The lowest BCUT2D eigenvalue weighted by atomic mass is 10.1. The number of amides is 2. The molecule has 0 saturated carbocycles. The zero-order valence-corrected chi connectivity index (χ0v) is 11.8. The van der Waals surface area contributed by atoms with Crippen molar-refractivity contribution < 1.29 is 14.3 Å². The van der Waals surface area contributed by atoms with Crippen LogP contribution in [0.1, 0.15) is 32.3 Å². The first kappa shape index (κ1) is 14.5. The molecule has 20 heavy (non-hydrogen) atoms. The van der Waals surface area contributed by atoms with Crippen molar-refractivity contribution in [1.82, 2.24) is 10.6 Å². The van der Waals surface area contributed by atoms with Crippen molar-refractivity contribution >= 4 is 11.8 Å². The third-order valence-corrected chi connectivity index (χ3v) is 3.11. The topological polar surface area (TPSA) is 67.4 Å². The van der Waals surface area contributed by atoms with E-state index in [0.29, 0.717) is 19.4 Å². The molecule has 2 rings (SSSR count). The second-order valence-corrected chi connectivity index (χ2v) is 5.16. The van der Waals surface area contributed by atoms with E-state index in [9.17, 15) is 9.59 Å². The van der Waals surface area contributed by atoms with Crippen molar-refractivity contribution in [2.75, 3.05) is 0 Å². The molecular weight excluding hydrogens is 256 g/mol. The van der Waals surface area contributed by atoms with Gasteiger partial charge in [-0.2, -0.15) is 0 Å². The minimum Gasteiger partial charge on any atom is -0.491 e. The second kappa shape index (κ2) is 6.52. The van der Waals surface area contributed by atoms with Crippen LogP contribution in [0, 0.1) is 0 Å². The molecule has 0 aliphatic carbocycles. The lowest BCUT2D eigenvalue weighted by Crippen LogP contribution is -2.50. The van der Waals surface area contributed by atoms with E-state index < -0.39 is 0 Å². The summed E-state index contributed by atoms with van der Waals surface area (Å²) in [6.45, 7) is 4.49. The molecule has 1 atom stereocenters. The van der Waals surface area contributed by atoms with E-state index in [2.05, 4.69) is 10.6 Å². The molecule has 0 bridgehead atoms. The molecule has 1 unspecified atom stereocenters. The summed E-state index contributed by atoms with van der Waals surface area (Å²) < 4.78 is 5.73. The van der Waals surface area contributed by atoms with Crippen molar-refractivity contribution in [1.29, 1.82) is 0 Å². The van der Waals surface area contributed by atoms with Gasteiger partial charge in [0.05, 0.1) is 12.1 Å². The molecule has 0 radical (unpaired) electrons. The zero-order chi connectivity index (χ0) is 14.5. The first-order valence-electron chi connectivity index (χ1n) is 6.88. The number of para-hydroxylation sites is 1. The Morgan fingerprint density at radius 1 is 1.35 bits per heavy atom. The number of ether oxygens (including phenoxy) is 1. The highest BCUT2D eigenvalue weighted by molar-refractivity contribution is 6.00. The number of hydrogen-bond donors (Lipinski definition) is 2. The van der Waals surface area contributed by atoms with Crippen molar-refractivity contribution in [3.8, 4) is 5.75 Å². The molecule has 1 aliphatic heterocycles. The molecule has 2 amide bonds. The van der Waals surface area contributed by atoms with Crippen LogP contribution in [0.2, 0.25) is 0 Å². The van der Waals surface area contributed by atoms with Gasteiger partial charge in [0, 0.05) is 18.5 Å². The van der Waals surface area contributed by atoms with Gasteiger partial charge in [-0.3, -0.25) is 14.9 Å². The molecule has 108 valence electrons. The van der Waals surface area contributed by atoms with Crippen LogP contribution in [0.4, 0.5) is 0 Å². The molecule has 1 aromatic carbocycles. The first-order chi connectivity index (χ1) is 9.56. The van der Waals surface area contributed by atoms with E-state index in [4.69, 9.17) is 4.74 Å². The van der Waals surface area contributed by atoms with Crippen molar-refractivity contribution in [2.45, 2.75) is 45.4 Å². The quantitative estimate of drug-likeness (QED) is 0.797. The minimum atomic E-state index is -0.320. The normalized spacial score (nSPS) is 19.1. The fraction of sp³-hybridized carbons (Fsp3) is 0.467. The number of nitrogens with one attached hydrogen (secondary N) is 2. The Labute approximate surface area is 118 Å². The fourth-order valence-electron chi connectivity index (χ4n) is 2.14. The van der Waals surface area contributed by atoms with Gasteiger partial charge in [0.2, 0.25) is 11.8 Å². The summed E-state index contributed by atoms with van der Waals surface area (Å²) in [6, 6.07) is 7.43. The van der Waals surface area contributed by atoms with E-state index in [1.54, 1.807) is 0 Å². The number of hydrogen-bond acceptors (Lipinski definition) is 4. The maximum absolute atomic E-state index is 11.7. The summed E-state index contributed by atoms with van der Waals surface area (Å²) in [7, 11) is 0. The monoisotopic (exact) mass is 276 g/mol. The molecular formula is C15H20N2O3. The predicted octanol–water partition coefficient (Wildman–Crippen LogP) is 1.37. The molecule has 5 heteroatoms. The summed E-state index contributed by atoms with van der Waals surface area (Å²) in [6.07, 6.45) is 1.03. The molecule has 1 aromatic rings. The SMILES string of the molecule is CC(C)Oc1ccccc1CNC1CCC(=O)NC1=O. The number of piperidine rings is 1. The molecule has 0 aromatic heterocycles. The Morgan fingerprint density at radius 2 is 2.10 bits per heavy atom. The van der Waals surface area contributed by atoms with Gasteiger partial charge in [-0.1, -0.05) is 18.2 Å². The molecule has 2 N–H and O–H groups in total. The molecule has 0 spiro atoms. The van der Waals surface area contributed by atoms with Crippen LogP contribution in [0.25, 0.3) is 0 Å². The minimum absolute atomic E-state index is 0.103. The van der Waals surface area contributed by atoms with Gasteiger partial charge in [-0.05, 0) is 26.3 Å². The van der Waals surface area contributed by atoms with E-state index in [1.807, 2.05) is 38.1 Å². The number of carbonyl (C=O) groups excluding carboxylic acids is 2. The van der Waals surface area contributed by atoms with Crippen LogP contribution in [0.5, 0.6) is 5.75 Å². The molecule has 1 aliphatic rings. The third kappa shape index (κ3) is 3.81. The molecule has 1 saturated heterocycles. The highest BCUT2D eigenvalue weighted by Crippen LogP contribution is 2.19. The smallest absolute Gasteiger partial charge is 0.243 e.